The quantitative estimate of drug-likeness (QED) is 0.689. The van der Waals surface area contributed by atoms with Crippen LogP contribution < -0.4 is 19.7 Å². The van der Waals surface area contributed by atoms with Crippen molar-refractivity contribution in [3.8, 4) is 11.5 Å². The average molecular weight is 421 g/mol. The van der Waals surface area contributed by atoms with Crippen LogP contribution in [0.15, 0.2) is 54.6 Å². The standard InChI is InChI=1S/C25H28N2O4/c1-30-21-13-11-20(12-14-21)27-23(28)17-25(27,24(29)26-19-8-4-5-9-19)16-15-18-7-3-6-10-22(18)31-2/h3,6-7,10-16,19H,4-5,8-9,17H2,1-2H3,(H,26,29). The molecule has 0 radical (unpaired) electrons. The molecule has 2 aliphatic rings. The maximum atomic E-state index is 13.5. The topological polar surface area (TPSA) is 67.9 Å². The van der Waals surface area contributed by atoms with Crippen molar-refractivity contribution in [1.29, 1.82) is 0 Å². The number of benzene rings is 2. The summed E-state index contributed by atoms with van der Waals surface area (Å²) in [5.74, 6) is 1.19. The molecule has 1 aliphatic heterocycles. The van der Waals surface area contributed by atoms with Crippen molar-refractivity contribution >= 4 is 23.6 Å². The van der Waals surface area contributed by atoms with E-state index in [4.69, 9.17) is 9.47 Å². The normalized spacial score (nSPS) is 21.2. The average Bonchev–Trinajstić information content (AvgIpc) is 3.30. The molecular formula is C25H28N2O4. The Hall–Kier alpha value is -3.28. The number of methoxy groups -OCH3 is 2. The third kappa shape index (κ3) is 4.02. The molecule has 0 aromatic heterocycles. The summed E-state index contributed by atoms with van der Waals surface area (Å²) in [5, 5.41) is 3.19. The number of amides is 2. The van der Waals surface area contributed by atoms with E-state index in [0.717, 1.165) is 31.2 Å². The molecule has 1 N–H and O–H groups in total. The van der Waals surface area contributed by atoms with E-state index in [1.807, 2.05) is 48.6 Å². The highest BCUT2D eigenvalue weighted by atomic mass is 16.5. The van der Waals surface area contributed by atoms with Gasteiger partial charge in [-0.25, -0.2) is 0 Å². The zero-order chi connectivity index (χ0) is 21.8. The molecule has 1 saturated heterocycles. The van der Waals surface area contributed by atoms with E-state index in [-0.39, 0.29) is 24.3 Å². The Morgan fingerprint density at radius 2 is 1.77 bits per heavy atom. The van der Waals surface area contributed by atoms with Gasteiger partial charge in [-0.05, 0) is 49.2 Å². The summed E-state index contributed by atoms with van der Waals surface area (Å²) in [7, 11) is 3.21. The number of carbonyl (C=O) groups excluding carboxylic acids is 2. The SMILES string of the molecule is COc1ccc(N2C(=O)CC2(C=Cc2ccccc2OC)C(=O)NC2CCCC2)cc1. The summed E-state index contributed by atoms with van der Waals surface area (Å²) in [4.78, 5) is 27.8. The Bertz CT molecular complexity index is 979. The van der Waals surface area contributed by atoms with Crippen LogP contribution in [0, 0.1) is 0 Å². The predicted octanol–water partition coefficient (Wildman–Crippen LogP) is 3.95. The Kier molecular flexibility index (Phi) is 5.98. The van der Waals surface area contributed by atoms with Gasteiger partial charge in [0.25, 0.3) is 5.91 Å². The Labute approximate surface area is 182 Å². The van der Waals surface area contributed by atoms with E-state index in [2.05, 4.69) is 5.32 Å². The van der Waals surface area contributed by atoms with Crippen molar-refractivity contribution in [3.63, 3.8) is 0 Å². The molecule has 2 amide bonds. The van der Waals surface area contributed by atoms with E-state index in [9.17, 15) is 9.59 Å². The molecule has 6 nitrogen and oxygen atoms in total. The molecule has 31 heavy (non-hydrogen) atoms. The van der Waals surface area contributed by atoms with Gasteiger partial charge < -0.3 is 14.8 Å². The first-order valence-corrected chi connectivity index (χ1v) is 10.7. The second-order valence-electron chi connectivity index (χ2n) is 8.06. The molecule has 4 rings (SSSR count). The van der Waals surface area contributed by atoms with Gasteiger partial charge in [0.15, 0.2) is 5.54 Å². The summed E-state index contributed by atoms with van der Waals surface area (Å²) in [6.45, 7) is 0. The highest BCUT2D eigenvalue weighted by Gasteiger charge is 2.56. The third-order valence-electron chi connectivity index (χ3n) is 6.16. The first-order valence-electron chi connectivity index (χ1n) is 10.7. The van der Waals surface area contributed by atoms with Gasteiger partial charge in [0.1, 0.15) is 11.5 Å². The molecule has 0 spiro atoms. The van der Waals surface area contributed by atoms with E-state index in [1.54, 1.807) is 31.3 Å². The van der Waals surface area contributed by atoms with Crippen LogP contribution in [-0.4, -0.2) is 37.6 Å². The molecule has 2 fully saturated rings. The van der Waals surface area contributed by atoms with Gasteiger partial charge >= 0.3 is 0 Å². The van der Waals surface area contributed by atoms with Crippen LogP contribution in [0.2, 0.25) is 0 Å². The number of para-hydroxylation sites is 1. The molecule has 6 heteroatoms. The van der Waals surface area contributed by atoms with E-state index in [1.165, 1.54) is 0 Å². The first-order chi connectivity index (χ1) is 15.1. The molecule has 0 bridgehead atoms. The van der Waals surface area contributed by atoms with Gasteiger partial charge in [-0.15, -0.1) is 0 Å². The van der Waals surface area contributed by atoms with Crippen molar-refractivity contribution in [2.24, 2.45) is 0 Å². The minimum Gasteiger partial charge on any atom is -0.497 e. The molecule has 1 unspecified atom stereocenters. The van der Waals surface area contributed by atoms with Gasteiger partial charge in [0.2, 0.25) is 5.91 Å². The second-order valence-corrected chi connectivity index (χ2v) is 8.06. The number of nitrogens with one attached hydrogen (secondary N) is 1. The van der Waals surface area contributed by atoms with Crippen LogP contribution in [0.5, 0.6) is 11.5 Å². The van der Waals surface area contributed by atoms with Crippen molar-refractivity contribution in [2.75, 3.05) is 19.1 Å². The lowest BCUT2D eigenvalue weighted by Crippen LogP contribution is -2.70. The number of ether oxygens (including phenoxy) is 2. The van der Waals surface area contributed by atoms with Gasteiger partial charge in [0, 0.05) is 17.3 Å². The van der Waals surface area contributed by atoms with Crippen LogP contribution in [0.3, 0.4) is 0 Å². The van der Waals surface area contributed by atoms with Crippen LogP contribution in [0.4, 0.5) is 5.69 Å². The third-order valence-corrected chi connectivity index (χ3v) is 6.16. The number of carbonyl (C=O) groups is 2. The van der Waals surface area contributed by atoms with Gasteiger partial charge in [-0.2, -0.15) is 0 Å². The lowest BCUT2D eigenvalue weighted by molar-refractivity contribution is -0.137. The maximum Gasteiger partial charge on any atom is 0.251 e. The van der Waals surface area contributed by atoms with Crippen molar-refractivity contribution in [2.45, 2.75) is 43.7 Å². The molecule has 2 aromatic rings. The number of hydrogen-bond donors (Lipinski definition) is 1. The molecular weight excluding hydrogens is 392 g/mol. The van der Waals surface area contributed by atoms with Gasteiger partial charge in [-0.1, -0.05) is 37.1 Å². The van der Waals surface area contributed by atoms with Crippen LogP contribution in [0.25, 0.3) is 6.08 Å². The molecule has 2 aromatic carbocycles. The second kappa shape index (κ2) is 8.84. The monoisotopic (exact) mass is 420 g/mol. The largest absolute Gasteiger partial charge is 0.497 e. The van der Waals surface area contributed by atoms with Crippen LogP contribution in [0.1, 0.15) is 37.7 Å². The highest BCUT2D eigenvalue weighted by Crippen LogP contribution is 2.40. The predicted molar refractivity (Wildman–Crippen MR) is 120 cm³/mol. The fourth-order valence-electron chi connectivity index (χ4n) is 4.43. The molecule has 1 saturated carbocycles. The minimum absolute atomic E-state index is 0.0867. The number of nitrogens with zero attached hydrogens (tertiary/aromatic N) is 1. The van der Waals surface area contributed by atoms with Crippen LogP contribution in [-0.2, 0) is 9.59 Å². The van der Waals surface area contributed by atoms with E-state index < -0.39 is 5.54 Å². The molecule has 1 atom stereocenters. The fraction of sp³-hybridized carbons (Fsp3) is 0.360. The highest BCUT2D eigenvalue weighted by molar-refractivity contribution is 6.15. The van der Waals surface area contributed by atoms with Crippen molar-refractivity contribution < 1.29 is 19.1 Å². The maximum absolute atomic E-state index is 13.5. The minimum atomic E-state index is -1.07. The molecule has 1 heterocycles. The number of rotatable bonds is 7. The Balaban J connectivity index is 1.70. The number of hydrogen-bond acceptors (Lipinski definition) is 4. The van der Waals surface area contributed by atoms with E-state index in [0.29, 0.717) is 17.2 Å². The Morgan fingerprint density at radius 1 is 1.06 bits per heavy atom. The summed E-state index contributed by atoms with van der Waals surface area (Å²) in [6.07, 6.45) is 8.04. The number of anilines is 1. The van der Waals surface area contributed by atoms with E-state index >= 15 is 0 Å². The molecule has 1 aliphatic carbocycles. The van der Waals surface area contributed by atoms with Crippen molar-refractivity contribution in [3.05, 3.63) is 60.2 Å². The van der Waals surface area contributed by atoms with Gasteiger partial charge in [-0.3, -0.25) is 14.5 Å². The summed E-state index contributed by atoms with van der Waals surface area (Å²) >= 11 is 0. The van der Waals surface area contributed by atoms with Gasteiger partial charge in [0.05, 0.1) is 20.6 Å². The molecule has 162 valence electrons. The lowest BCUT2D eigenvalue weighted by atomic mass is 9.80. The summed E-state index contributed by atoms with van der Waals surface area (Å²) < 4.78 is 10.7. The zero-order valence-corrected chi connectivity index (χ0v) is 18.0. The number of β-lactam (4-membered cyclic amide) rings is 1. The zero-order valence-electron chi connectivity index (χ0n) is 18.0. The summed E-state index contributed by atoms with van der Waals surface area (Å²) in [5.41, 5.74) is 0.449. The first kappa shape index (κ1) is 21.0. The van der Waals surface area contributed by atoms with Crippen LogP contribution >= 0.6 is 0 Å². The summed E-state index contributed by atoms with van der Waals surface area (Å²) in [6, 6.07) is 15.0. The smallest absolute Gasteiger partial charge is 0.251 e. The lowest BCUT2D eigenvalue weighted by Gasteiger charge is -2.49. The fourth-order valence-corrected chi connectivity index (χ4v) is 4.43. The van der Waals surface area contributed by atoms with Crippen molar-refractivity contribution in [1.82, 2.24) is 5.32 Å². The Morgan fingerprint density at radius 3 is 2.42 bits per heavy atom.